The topological polar surface area (TPSA) is 73.2 Å². The van der Waals surface area contributed by atoms with Gasteiger partial charge in [0, 0.05) is 18.9 Å². The van der Waals surface area contributed by atoms with Crippen molar-refractivity contribution in [3.63, 3.8) is 0 Å². The maximum Gasteiger partial charge on any atom is 0.325 e. The minimum atomic E-state index is -0.407. The van der Waals surface area contributed by atoms with Crippen LogP contribution in [0.15, 0.2) is 17.2 Å². The predicted octanol–water partition coefficient (Wildman–Crippen LogP) is 0.238. The monoisotopic (exact) mass is 225 g/mol. The number of aryl methyl sites for hydroxylation is 1. The molecule has 0 fully saturated rings. The molecular weight excluding hydrogens is 210 g/mol. The first-order chi connectivity index (χ1) is 7.69. The Kier molecular flexibility index (Phi) is 4.50. The van der Waals surface area contributed by atoms with Crippen LogP contribution in [0.4, 0.5) is 5.82 Å². The second kappa shape index (κ2) is 5.89. The lowest BCUT2D eigenvalue weighted by Crippen LogP contribution is -2.26. The molecule has 6 nitrogen and oxygen atoms in total. The zero-order valence-corrected chi connectivity index (χ0v) is 9.40. The molecule has 0 aliphatic heterocycles. The average Bonchev–Trinajstić information content (AvgIpc) is 2.28. The molecule has 0 amide bonds. The van der Waals surface area contributed by atoms with E-state index in [0.29, 0.717) is 13.2 Å². The number of rotatable bonds is 5. The van der Waals surface area contributed by atoms with Crippen molar-refractivity contribution in [2.75, 3.05) is 18.5 Å². The molecule has 88 valence electrons. The van der Waals surface area contributed by atoms with E-state index in [2.05, 4.69) is 10.3 Å². The van der Waals surface area contributed by atoms with Gasteiger partial charge in [-0.1, -0.05) is 0 Å². The predicted molar refractivity (Wildman–Crippen MR) is 59.3 cm³/mol. The normalized spacial score (nSPS) is 9.88. The van der Waals surface area contributed by atoms with Crippen LogP contribution in [0.1, 0.15) is 13.8 Å². The van der Waals surface area contributed by atoms with Gasteiger partial charge in [-0.2, -0.15) is 0 Å². The standard InChI is InChI=1S/C10H15N3O3/c1-3-13-6-5-11-9(10(13)15)12-7-8(14)16-4-2/h5-6H,3-4,7H2,1-2H3,(H,11,12). The van der Waals surface area contributed by atoms with Crippen molar-refractivity contribution >= 4 is 11.8 Å². The van der Waals surface area contributed by atoms with Crippen LogP contribution in [-0.4, -0.2) is 28.7 Å². The summed E-state index contributed by atoms with van der Waals surface area (Å²) in [5.74, 6) is -0.243. The molecule has 0 saturated heterocycles. The van der Waals surface area contributed by atoms with Crippen molar-refractivity contribution in [2.24, 2.45) is 0 Å². The van der Waals surface area contributed by atoms with E-state index in [1.165, 1.54) is 10.8 Å². The number of nitrogens with one attached hydrogen (secondary N) is 1. The van der Waals surface area contributed by atoms with Crippen molar-refractivity contribution < 1.29 is 9.53 Å². The lowest BCUT2D eigenvalue weighted by Gasteiger charge is -2.06. The van der Waals surface area contributed by atoms with Crippen molar-refractivity contribution in [2.45, 2.75) is 20.4 Å². The fourth-order valence-electron chi connectivity index (χ4n) is 1.19. The second-order valence-corrected chi connectivity index (χ2v) is 3.03. The quantitative estimate of drug-likeness (QED) is 0.726. The van der Waals surface area contributed by atoms with E-state index in [-0.39, 0.29) is 17.9 Å². The molecule has 1 aromatic heterocycles. The molecule has 0 radical (unpaired) electrons. The number of hydrogen-bond donors (Lipinski definition) is 1. The average molecular weight is 225 g/mol. The molecule has 1 aromatic rings. The third-order valence-corrected chi connectivity index (χ3v) is 1.96. The van der Waals surface area contributed by atoms with Gasteiger partial charge >= 0.3 is 5.97 Å². The molecule has 0 bridgehead atoms. The van der Waals surface area contributed by atoms with E-state index in [1.54, 1.807) is 13.1 Å². The zero-order chi connectivity index (χ0) is 12.0. The molecule has 0 aliphatic carbocycles. The number of aromatic nitrogens is 2. The van der Waals surface area contributed by atoms with E-state index < -0.39 is 5.97 Å². The van der Waals surface area contributed by atoms with Gasteiger partial charge in [-0.05, 0) is 13.8 Å². The van der Waals surface area contributed by atoms with Crippen molar-refractivity contribution in [1.29, 1.82) is 0 Å². The highest BCUT2D eigenvalue weighted by atomic mass is 16.5. The fourth-order valence-corrected chi connectivity index (χ4v) is 1.19. The number of hydrogen-bond acceptors (Lipinski definition) is 5. The highest BCUT2D eigenvalue weighted by Gasteiger charge is 2.06. The molecule has 0 saturated carbocycles. The van der Waals surface area contributed by atoms with Gasteiger partial charge in [0.2, 0.25) is 0 Å². The van der Waals surface area contributed by atoms with Gasteiger partial charge in [-0.15, -0.1) is 0 Å². The highest BCUT2D eigenvalue weighted by Crippen LogP contribution is 1.92. The van der Waals surface area contributed by atoms with Gasteiger partial charge in [0.15, 0.2) is 5.82 Å². The summed E-state index contributed by atoms with van der Waals surface area (Å²) in [5, 5.41) is 2.65. The highest BCUT2D eigenvalue weighted by molar-refractivity contribution is 5.74. The number of ether oxygens (including phenoxy) is 1. The Morgan fingerprint density at radius 2 is 2.31 bits per heavy atom. The minimum absolute atomic E-state index is 0.0518. The largest absolute Gasteiger partial charge is 0.465 e. The van der Waals surface area contributed by atoms with Crippen LogP contribution in [0.2, 0.25) is 0 Å². The van der Waals surface area contributed by atoms with Gasteiger partial charge in [0.1, 0.15) is 6.54 Å². The van der Waals surface area contributed by atoms with Gasteiger partial charge in [-0.3, -0.25) is 9.59 Å². The van der Waals surface area contributed by atoms with Crippen LogP contribution in [0.3, 0.4) is 0 Å². The number of carbonyl (C=O) groups is 1. The van der Waals surface area contributed by atoms with Gasteiger partial charge in [0.25, 0.3) is 5.56 Å². The first-order valence-corrected chi connectivity index (χ1v) is 5.14. The van der Waals surface area contributed by atoms with Crippen LogP contribution < -0.4 is 10.9 Å². The van der Waals surface area contributed by atoms with Crippen LogP contribution in [0.25, 0.3) is 0 Å². The molecule has 0 aromatic carbocycles. The molecule has 0 spiro atoms. The minimum Gasteiger partial charge on any atom is -0.465 e. The molecule has 16 heavy (non-hydrogen) atoms. The van der Waals surface area contributed by atoms with Gasteiger partial charge in [-0.25, -0.2) is 4.98 Å². The number of carbonyl (C=O) groups excluding carboxylic acids is 1. The van der Waals surface area contributed by atoms with Crippen LogP contribution in [-0.2, 0) is 16.1 Å². The molecule has 1 N–H and O–H groups in total. The summed E-state index contributed by atoms with van der Waals surface area (Å²) in [4.78, 5) is 26.6. The van der Waals surface area contributed by atoms with E-state index in [4.69, 9.17) is 4.74 Å². The third-order valence-electron chi connectivity index (χ3n) is 1.96. The number of esters is 1. The zero-order valence-electron chi connectivity index (χ0n) is 9.40. The fraction of sp³-hybridized carbons (Fsp3) is 0.500. The molecule has 6 heteroatoms. The maximum absolute atomic E-state index is 11.7. The SMILES string of the molecule is CCOC(=O)CNc1nccn(CC)c1=O. The van der Waals surface area contributed by atoms with E-state index in [9.17, 15) is 9.59 Å². The molecule has 0 atom stereocenters. The molecule has 0 unspecified atom stereocenters. The van der Waals surface area contributed by atoms with E-state index in [0.717, 1.165) is 0 Å². The van der Waals surface area contributed by atoms with E-state index in [1.807, 2.05) is 6.92 Å². The van der Waals surface area contributed by atoms with Crippen LogP contribution in [0, 0.1) is 0 Å². The lowest BCUT2D eigenvalue weighted by molar-refractivity contribution is -0.140. The summed E-state index contributed by atoms with van der Waals surface area (Å²) < 4.78 is 6.22. The van der Waals surface area contributed by atoms with Crippen molar-refractivity contribution in [3.8, 4) is 0 Å². The molecular formula is C10H15N3O3. The molecule has 0 aliphatic rings. The third kappa shape index (κ3) is 3.08. The maximum atomic E-state index is 11.7. The van der Waals surface area contributed by atoms with Gasteiger partial charge < -0.3 is 14.6 Å². The van der Waals surface area contributed by atoms with Gasteiger partial charge in [0.05, 0.1) is 6.61 Å². The van der Waals surface area contributed by atoms with Crippen molar-refractivity contribution in [1.82, 2.24) is 9.55 Å². The van der Waals surface area contributed by atoms with Crippen LogP contribution >= 0.6 is 0 Å². The first-order valence-electron chi connectivity index (χ1n) is 5.14. The summed E-state index contributed by atoms with van der Waals surface area (Å²) in [6, 6.07) is 0. The van der Waals surface area contributed by atoms with E-state index >= 15 is 0 Å². The lowest BCUT2D eigenvalue weighted by atomic mass is 10.5. The Morgan fingerprint density at radius 3 is 2.94 bits per heavy atom. The summed E-state index contributed by atoms with van der Waals surface area (Å²) in [6.45, 7) is 4.42. The summed E-state index contributed by atoms with van der Waals surface area (Å²) in [5.41, 5.74) is -0.241. The number of nitrogens with zero attached hydrogens (tertiary/aromatic N) is 2. The summed E-state index contributed by atoms with van der Waals surface area (Å²) in [7, 11) is 0. The Bertz CT molecular complexity index is 414. The molecule has 1 heterocycles. The number of anilines is 1. The Hall–Kier alpha value is -1.85. The summed E-state index contributed by atoms with van der Waals surface area (Å²) in [6.07, 6.45) is 3.11. The Balaban J connectivity index is 2.67. The smallest absolute Gasteiger partial charge is 0.325 e. The second-order valence-electron chi connectivity index (χ2n) is 3.03. The first kappa shape index (κ1) is 12.2. The summed E-state index contributed by atoms with van der Waals surface area (Å²) >= 11 is 0. The Morgan fingerprint density at radius 1 is 1.56 bits per heavy atom. The Labute approximate surface area is 93.3 Å². The van der Waals surface area contributed by atoms with Crippen LogP contribution in [0.5, 0.6) is 0 Å². The molecule has 1 rings (SSSR count). The van der Waals surface area contributed by atoms with Crippen molar-refractivity contribution in [3.05, 3.63) is 22.7 Å².